The Morgan fingerprint density at radius 3 is 2.89 bits per heavy atom. The Labute approximate surface area is 167 Å². The molecule has 1 N–H and O–H groups in total. The molecule has 0 saturated heterocycles. The van der Waals surface area contributed by atoms with Crippen LogP contribution >= 0.6 is 23.2 Å². The minimum Gasteiger partial charge on any atom is -0.486 e. The summed E-state index contributed by atoms with van der Waals surface area (Å²) in [5.41, 5.74) is 0.936. The molecule has 0 radical (unpaired) electrons. The number of nitrogens with one attached hydrogen (secondary N) is 1. The van der Waals surface area contributed by atoms with Crippen LogP contribution in [-0.4, -0.2) is 22.2 Å². The van der Waals surface area contributed by atoms with E-state index in [4.69, 9.17) is 32.4 Å². The van der Waals surface area contributed by atoms with Gasteiger partial charge in [-0.25, -0.2) is 0 Å². The summed E-state index contributed by atoms with van der Waals surface area (Å²) in [6.07, 6.45) is 4.05. The molecule has 142 valence electrons. The van der Waals surface area contributed by atoms with Crippen molar-refractivity contribution >= 4 is 29.1 Å². The van der Waals surface area contributed by atoms with Crippen LogP contribution in [0.4, 0.5) is 0 Å². The molecule has 3 rings (SSSR count). The maximum atomic E-state index is 12.1. The van der Waals surface area contributed by atoms with E-state index in [0.29, 0.717) is 34.6 Å². The lowest BCUT2D eigenvalue weighted by Gasteiger charge is -2.06. The van der Waals surface area contributed by atoms with Crippen molar-refractivity contribution in [3.05, 3.63) is 69.9 Å². The summed E-state index contributed by atoms with van der Waals surface area (Å²) >= 11 is 11.8. The topological polar surface area (TPSA) is 69.3 Å². The molecule has 0 fully saturated rings. The van der Waals surface area contributed by atoms with Crippen molar-refractivity contribution in [1.29, 1.82) is 0 Å². The first-order valence-corrected chi connectivity index (χ1v) is 9.20. The number of carbonyl (C=O) groups is 1. The van der Waals surface area contributed by atoms with E-state index in [9.17, 15) is 4.79 Å². The molecule has 1 aromatic carbocycles. The summed E-state index contributed by atoms with van der Waals surface area (Å²) in [6, 6.07) is 8.78. The minimum absolute atomic E-state index is 0.231. The van der Waals surface area contributed by atoms with Gasteiger partial charge >= 0.3 is 0 Å². The Hall–Kier alpha value is -2.44. The molecule has 8 heteroatoms. The highest BCUT2D eigenvalue weighted by Gasteiger charge is 2.11. The van der Waals surface area contributed by atoms with Gasteiger partial charge in [0.1, 0.15) is 18.1 Å². The third-order valence-corrected chi connectivity index (χ3v) is 4.47. The molecule has 2 heterocycles. The van der Waals surface area contributed by atoms with Crippen molar-refractivity contribution in [2.24, 2.45) is 0 Å². The second kappa shape index (κ2) is 8.97. The van der Waals surface area contributed by atoms with Gasteiger partial charge in [0.2, 0.25) is 0 Å². The zero-order chi connectivity index (χ0) is 19.2. The number of benzene rings is 1. The first kappa shape index (κ1) is 19.3. The number of ether oxygens (including phenoxy) is 1. The third-order valence-electron chi connectivity index (χ3n) is 3.85. The highest BCUT2D eigenvalue weighted by molar-refractivity contribution is 6.31. The first-order chi connectivity index (χ1) is 13.0. The monoisotopic (exact) mass is 407 g/mol. The number of halogens is 2. The largest absolute Gasteiger partial charge is 0.486 e. The van der Waals surface area contributed by atoms with Gasteiger partial charge < -0.3 is 14.5 Å². The standard InChI is InChI=1S/C19H19Cl2N3O3/c1-13-9-15(3-5-17(13)21)26-12-16-4-6-18(27-16)19(25)22-7-2-8-24-11-14(20)10-23-24/h3-6,9-11H,2,7-8,12H2,1H3,(H,22,25). The number of carbonyl (C=O) groups excluding carboxylic acids is 1. The molecular weight excluding hydrogens is 389 g/mol. The molecule has 0 aliphatic carbocycles. The fourth-order valence-corrected chi connectivity index (χ4v) is 2.70. The summed E-state index contributed by atoms with van der Waals surface area (Å²) < 4.78 is 12.9. The van der Waals surface area contributed by atoms with Crippen molar-refractivity contribution in [2.75, 3.05) is 6.54 Å². The summed E-state index contributed by atoms with van der Waals surface area (Å²) in [5.74, 6) is 1.25. The average molecular weight is 408 g/mol. The maximum Gasteiger partial charge on any atom is 0.286 e. The van der Waals surface area contributed by atoms with E-state index in [-0.39, 0.29) is 18.3 Å². The number of hydrogen-bond acceptors (Lipinski definition) is 4. The maximum absolute atomic E-state index is 12.1. The van der Waals surface area contributed by atoms with E-state index in [0.717, 1.165) is 12.0 Å². The lowest BCUT2D eigenvalue weighted by molar-refractivity contribution is 0.0921. The van der Waals surface area contributed by atoms with Gasteiger partial charge in [-0.1, -0.05) is 23.2 Å². The van der Waals surface area contributed by atoms with Crippen LogP contribution in [0.15, 0.2) is 47.1 Å². The van der Waals surface area contributed by atoms with E-state index < -0.39 is 0 Å². The van der Waals surface area contributed by atoms with Crippen molar-refractivity contribution < 1.29 is 13.9 Å². The van der Waals surface area contributed by atoms with Crippen molar-refractivity contribution in [1.82, 2.24) is 15.1 Å². The number of rotatable bonds is 8. The Morgan fingerprint density at radius 1 is 1.30 bits per heavy atom. The quantitative estimate of drug-likeness (QED) is 0.558. The van der Waals surface area contributed by atoms with E-state index >= 15 is 0 Å². The molecule has 0 unspecified atom stereocenters. The van der Waals surface area contributed by atoms with Crippen LogP contribution in [0.3, 0.4) is 0 Å². The molecule has 3 aromatic rings. The number of hydrogen-bond donors (Lipinski definition) is 1. The van der Waals surface area contributed by atoms with Gasteiger partial charge in [-0.3, -0.25) is 9.48 Å². The Balaban J connectivity index is 1.43. The summed E-state index contributed by atoms with van der Waals surface area (Å²) in [4.78, 5) is 12.1. The predicted molar refractivity (Wildman–Crippen MR) is 103 cm³/mol. The molecule has 0 atom stereocenters. The second-order valence-corrected chi connectivity index (χ2v) is 6.84. The molecule has 6 nitrogen and oxygen atoms in total. The zero-order valence-corrected chi connectivity index (χ0v) is 16.3. The first-order valence-electron chi connectivity index (χ1n) is 8.45. The van der Waals surface area contributed by atoms with E-state index in [1.54, 1.807) is 41.3 Å². The number of furan rings is 1. The van der Waals surface area contributed by atoms with Crippen LogP contribution in [0.2, 0.25) is 10.0 Å². The zero-order valence-electron chi connectivity index (χ0n) is 14.7. The normalized spacial score (nSPS) is 10.8. The number of amides is 1. The van der Waals surface area contributed by atoms with Crippen LogP contribution in [0.1, 0.15) is 28.3 Å². The Bertz CT molecular complexity index is 921. The molecule has 2 aromatic heterocycles. The fourth-order valence-electron chi connectivity index (χ4n) is 2.43. The summed E-state index contributed by atoms with van der Waals surface area (Å²) in [6.45, 7) is 3.32. The molecule has 0 aliphatic rings. The van der Waals surface area contributed by atoms with Crippen molar-refractivity contribution in [3.63, 3.8) is 0 Å². The van der Waals surface area contributed by atoms with Gasteiger partial charge in [0, 0.05) is 24.3 Å². The Kier molecular flexibility index (Phi) is 6.42. The van der Waals surface area contributed by atoms with Gasteiger partial charge in [-0.05, 0) is 49.2 Å². The highest BCUT2D eigenvalue weighted by atomic mass is 35.5. The van der Waals surface area contributed by atoms with E-state index in [1.807, 2.05) is 13.0 Å². The molecule has 0 bridgehead atoms. The summed E-state index contributed by atoms with van der Waals surface area (Å²) in [7, 11) is 0. The molecule has 0 aliphatic heterocycles. The molecular formula is C19H19Cl2N3O3. The van der Waals surface area contributed by atoms with Crippen molar-refractivity contribution in [3.8, 4) is 5.75 Å². The van der Waals surface area contributed by atoms with Gasteiger partial charge in [0.25, 0.3) is 5.91 Å². The second-order valence-electron chi connectivity index (χ2n) is 6.00. The van der Waals surface area contributed by atoms with Gasteiger partial charge in [-0.2, -0.15) is 5.10 Å². The van der Waals surface area contributed by atoms with Crippen LogP contribution in [0.25, 0.3) is 0 Å². The predicted octanol–water partition coefficient (Wildman–Crippen LogP) is 4.49. The smallest absolute Gasteiger partial charge is 0.286 e. The van der Waals surface area contributed by atoms with E-state index in [1.165, 1.54) is 0 Å². The lowest BCUT2D eigenvalue weighted by atomic mass is 10.2. The third kappa shape index (κ3) is 5.52. The van der Waals surface area contributed by atoms with Crippen LogP contribution < -0.4 is 10.1 Å². The molecule has 1 amide bonds. The average Bonchev–Trinajstić information content (AvgIpc) is 3.28. The van der Waals surface area contributed by atoms with Crippen LogP contribution in [0.5, 0.6) is 5.75 Å². The highest BCUT2D eigenvalue weighted by Crippen LogP contribution is 2.22. The van der Waals surface area contributed by atoms with Gasteiger partial charge in [0.05, 0.1) is 11.2 Å². The van der Waals surface area contributed by atoms with Gasteiger partial charge in [0.15, 0.2) is 5.76 Å². The van der Waals surface area contributed by atoms with E-state index in [2.05, 4.69) is 10.4 Å². The van der Waals surface area contributed by atoms with Crippen LogP contribution in [-0.2, 0) is 13.2 Å². The molecule has 27 heavy (non-hydrogen) atoms. The van der Waals surface area contributed by atoms with Crippen molar-refractivity contribution in [2.45, 2.75) is 26.5 Å². The number of aromatic nitrogens is 2. The fraction of sp³-hybridized carbons (Fsp3) is 0.263. The summed E-state index contributed by atoms with van der Waals surface area (Å²) in [5, 5.41) is 8.18. The van der Waals surface area contributed by atoms with Crippen LogP contribution in [0, 0.1) is 6.92 Å². The van der Waals surface area contributed by atoms with Gasteiger partial charge in [-0.15, -0.1) is 0 Å². The number of nitrogens with zero attached hydrogens (tertiary/aromatic N) is 2. The lowest BCUT2D eigenvalue weighted by Crippen LogP contribution is -2.24. The molecule has 0 saturated carbocycles. The SMILES string of the molecule is Cc1cc(OCc2ccc(C(=O)NCCCn3cc(Cl)cn3)o2)ccc1Cl. The molecule has 0 spiro atoms. The Morgan fingerprint density at radius 2 is 2.15 bits per heavy atom. The minimum atomic E-state index is -0.262. The number of aryl methyl sites for hydroxylation is 2.